The van der Waals surface area contributed by atoms with Gasteiger partial charge in [-0.2, -0.15) is 0 Å². The molecular formula is C25H29N5O4S. The van der Waals surface area contributed by atoms with Crippen LogP contribution in [0.1, 0.15) is 28.0 Å². The van der Waals surface area contributed by atoms with Crippen LogP contribution in [0.5, 0.6) is 5.75 Å². The molecule has 0 unspecified atom stereocenters. The van der Waals surface area contributed by atoms with Crippen molar-refractivity contribution >= 4 is 45.2 Å². The van der Waals surface area contributed by atoms with E-state index in [1.807, 2.05) is 18.3 Å². The molecule has 2 aromatic heterocycles. The average molecular weight is 496 g/mol. The summed E-state index contributed by atoms with van der Waals surface area (Å²) in [6.07, 6.45) is 5.65. The van der Waals surface area contributed by atoms with E-state index in [9.17, 15) is 9.90 Å². The summed E-state index contributed by atoms with van der Waals surface area (Å²) in [5, 5.41) is 13.9. The number of aryl methyl sites for hydroxylation is 1. The van der Waals surface area contributed by atoms with Crippen LogP contribution in [0.3, 0.4) is 0 Å². The number of ether oxygens (including phenoxy) is 2. The second-order valence-electron chi connectivity index (χ2n) is 8.73. The van der Waals surface area contributed by atoms with E-state index >= 15 is 0 Å². The van der Waals surface area contributed by atoms with Crippen molar-refractivity contribution in [2.75, 3.05) is 45.8 Å². The van der Waals surface area contributed by atoms with E-state index in [0.29, 0.717) is 32.7 Å². The number of amides is 1. The largest absolute Gasteiger partial charge is 0.495 e. The van der Waals surface area contributed by atoms with Gasteiger partial charge in [-0.3, -0.25) is 9.79 Å². The molecule has 1 atom stereocenters. The maximum absolute atomic E-state index is 13.2. The van der Waals surface area contributed by atoms with E-state index in [4.69, 9.17) is 9.47 Å². The third-order valence-electron chi connectivity index (χ3n) is 6.65. The Balaban J connectivity index is 1.43. The Kier molecular flexibility index (Phi) is 6.94. The smallest absolute Gasteiger partial charge is 0.226 e. The van der Waals surface area contributed by atoms with Crippen molar-refractivity contribution in [3.63, 3.8) is 0 Å². The minimum Gasteiger partial charge on any atom is -0.495 e. The third-order valence-corrected chi connectivity index (χ3v) is 7.81. The molecule has 2 N–H and O–H groups in total. The quantitative estimate of drug-likeness (QED) is 0.470. The highest BCUT2D eigenvalue weighted by atomic mass is 32.1. The number of hydrogen-bond donors (Lipinski definition) is 2. The van der Waals surface area contributed by atoms with Crippen LogP contribution in [0.2, 0.25) is 0 Å². The van der Waals surface area contributed by atoms with Gasteiger partial charge in [-0.05, 0) is 48.1 Å². The standard InChI is InChI=1S/C25H29N5O4S/c1-33-8-6-30(5-7-31)25(32)15-3-4-18-21(11-15)35-24-22(18)23(27-14-28-24)29-19-9-16-12-26-13-17(16)10-20(19)34-2/h9-10,12,14-15,31H,3-8,11,13H2,1-2H3,(H,27,28,29)/t15-/m0/s1. The first-order valence-electron chi connectivity index (χ1n) is 11.7. The molecule has 35 heavy (non-hydrogen) atoms. The van der Waals surface area contributed by atoms with Crippen LogP contribution in [0.15, 0.2) is 23.5 Å². The van der Waals surface area contributed by atoms with Gasteiger partial charge in [-0.15, -0.1) is 11.3 Å². The van der Waals surface area contributed by atoms with Crippen LogP contribution in [0, 0.1) is 5.92 Å². The molecule has 1 aliphatic carbocycles. The SMILES string of the molecule is COCCN(CCO)C(=O)[C@H]1CCc2c(sc3ncnc(Nc4cc5c(cc4OC)CN=C5)c23)C1. The molecule has 0 bridgehead atoms. The second kappa shape index (κ2) is 10.3. The maximum Gasteiger partial charge on any atom is 0.226 e. The van der Waals surface area contributed by atoms with Gasteiger partial charge in [0.1, 0.15) is 22.7 Å². The highest BCUT2D eigenvalue weighted by Gasteiger charge is 2.31. The van der Waals surface area contributed by atoms with E-state index in [2.05, 4.69) is 20.3 Å². The van der Waals surface area contributed by atoms with Crippen LogP contribution in [0.4, 0.5) is 11.5 Å². The van der Waals surface area contributed by atoms with Gasteiger partial charge in [0, 0.05) is 37.2 Å². The fourth-order valence-electron chi connectivity index (χ4n) is 4.86. The maximum atomic E-state index is 13.2. The molecule has 0 saturated carbocycles. The fraction of sp³-hybridized carbons (Fsp3) is 0.440. The van der Waals surface area contributed by atoms with Crippen molar-refractivity contribution in [3.8, 4) is 5.75 Å². The number of aliphatic imine (C=N–C) groups is 1. The monoisotopic (exact) mass is 495 g/mol. The summed E-state index contributed by atoms with van der Waals surface area (Å²) in [5.74, 6) is 1.45. The van der Waals surface area contributed by atoms with Crippen molar-refractivity contribution < 1.29 is 19.4 Å². The number of hydrogen-bond acceptors (Lipinski definition) is 9. The van der Waals surface area contributed by atoms with Crippen molar-refractivity contribution in [3.05, 3.63) is 40.0 Å². The molecule has 9 nitrogen and oxygen atoms in total. The lowest BCUT2D eigenvalue weighted by atomic mass is 9.86. The number of thiophene rings is 1. The Hall–Kier alpha value is -3.08. The van der Waals surface area contributed by atoms with Gasteiger partial charge in [0.25, 0.3) is 0 Å². The molecule has 0 saturated heterocycles. The van der Waals surface area contributed by atoms with E-state index in [0.717, 1.165) is 51.4 Å². The molecule has 0 radical (unpaired) electrons. The number of aromatic nitrogens is 2. The van der Waals surface area contributed by atoms with Gasteiger partial charge in [0.15, 0.2) is 0 Å². The number of benzene rings is 1. The first-order valence-corrected chi connectivity index (χ1v) is 12.6. The van der Waals surface area contributed by atoms with Gasteiger partial charge in [0.05, 0.1) is 37.9 Å². The lowest BCUT2D eigenvalue weighted by molar-refractivity contribution is -0.137. The number of aliphatic hydroxyl groups is 1. The summed E-state index contributed by atoms with van der Waals surface area (Å²) in [5.41, 5.74) is 4.27. The Morgan fingerprint density at radius 1 is 1.29 bits per heavy atom. The Bertz CT molecular complexity index is 1270. The zero-order valence-electron chi connectivity index (χ0n) is 19.9. The van der Waals surface area contributed by atoms with E-state index in [-0.39, 0.29) is 18.4 Å². The van der Waals surface area contributed by atoms with E-state index in [1.165, 1.54) is 10.4 Å². The fourth-order valence-corrected chi connectivity index (χ4v) is 6.13. The van der Waals surface area contributed by atoms with Gasteiger partial charge in [-0.1, -0.05) is 0 Å². The van der Waals surface area contributed by atoms with Crippen LogP contribution in [0.25, 0.3) is 10.2 Å². The molecule has 0 spiro atoms. The van der Waals surface area contributed by atoms with Crippen LogP contribution < -0.4 is 10.1 Å². The molecule has 5 rings (SSSR count). The van der Waals surface area contributed by atoms with Gasteiger partial charge in [-0.25, -0.2) is 9.97 Å². The van der Waals surface area contributed by atoms with Crippen molar-refractivity contribution in [1.82, 2.24) is 14.9 Å². The number of aliphatic hydroxyl groups excluding tert-OH is 1. The number of methoxy groups -OCH3 is 2. The lowest BCUT2D eigenvalue weighted by Gasteiger charge is -2.29. The highest BCUT2D eigenvalue weighted by molar-refractivity contribution is 7.19. The number of rotatable bonds is 9. The van der Waals surface area contributed by atoms with Gasteiger partial charge < -0.3 is 24.8 Å². The summed E-state index contributed by atoms with van der Waals surface area (Å²) in [6, 6.07) is 4.06. The lowest BCUT2D eigenvalue weighted by Crippen LogP contribution is -2.41. The Labute approximate surface area is 207 Å². The Morgan fingerprint density at radius 2 is 2.17 bits per heavy atom. The molecule has 10 heteroatoms. The third kappa shape index (κ3) is 4.61. The topological polar surface area (TPSA) is 109 Å². The van der Waals surface area contributed by atoms with Crippen molar-refractivity contribution in [2.24, 2.45) is 10.9 Å². The molecule has 1 amide bonds. The number of carbonyl (C=O) groups is 1. The number of nitrogens with zero attached hydrogens (tertiary/aromatic N) is 4. The van der Waals surface area contributed by atoms with Gasteiger partial charge >= 0.3 is 0 Å². The average Bonchev–Trinajstić information content (AvgIpc) is 3.49. The first kappa shape index (κ1) is 23.7. The number of anilines is 2. The Morgan fingerprint density at radius 3 is 2.97 bits per heavy atom. The zero-order chi connectivity index (χ0) is 24.4. The molecule has 0 fully saturated rings. The minimum absolute atomic E-state index is 0.0566. The van der Waals surface area contributed by atoms with Crippen LogP contribution in [-0.4, -0.2) is 72.6 Å². The minimum atomic E-state index is -0.112. The highest BCUT2D eigenvalue weighted by Crippen LogP contribution is 2.42. The molecule has 3 heterocycles. The summed E-state index contributed by atoms with van der Waals surface area (Å²) in [6.45, 7) is 1.88. The predicted octanol–water partition coefficient (Wildman–Crippen LogP) is 2.95. The van der Waals surface area contributed by atoms with Gasteiger partial charge in [0.2, 0.25) is 5.91 Å². The number of nitrogens with one attached hydrogen (secondary N) is 1. The molecular weight excluding hydrogens is 466 g/mol. The summed E-state index contributed by atoms with van der Waals surface area (Å²) < 4.78 is 10.8. The number of carbonyl (C=O) groups excluding carboxylic acids is 1. The molecule has 1 aliphatic heterocycles. The molecule has 1 aromatic carbocycles. The number of fused-ring (bicyclic) bond motifs is 4. The molecule has 2 aliphatic rings. The van der Waals surface area contributed by atoms with Crippen LogP contribution in [-0.2, 0) is 28.9 Å². The molecule has 3 aromatic rings. The van der Waals surface area contributed by atoms with Crippen molar-refractivity contribution in [1.29, 1.82) is 0 Å². The first-order chi connectivity index (χ1) is 17.1. The van der Waals surface area contributed by atoms with E-state index < -0.39 is 0 Å². The van der Waals surface area contributed by atoms with E-state index in [1.54, 1.807) is 36.8 Å². The summed E-state index contributed by atoms with van der Waals surface area (Å²) in [4.78, 5) is 30.4. The molecule has 184 valence electrons. The predicted molar refractivity (Wildman–Crippen MR) is 136 cm³/mol. The normalized spacial score (nSPS) is 16.3. The second-order valence-corrected chi connectivity index (χ2v) is 9.82. The zero-order valence-corrected chi connectivity index (χ0v) is 20.7. The summed E-state index contributed by atoms with van der Waals surface area (Å²) >= 11 is 1.63. The van der Waals surface area contributed by atoms with Crippen molar-refractivity contribution in [2.45, 2.75) is 25.8 Å². The van der Waals surface area contributed by atoms with Crippen LogP contribution >= 0.6 is 11.3 Å². The summed E-state index contributed by atoms with van der Waals surface area (Å²) in [7, 11) is 3.28.